The number of carbonyl (C=O) groups excluding carboxylic acids is 2. The normalized spacial score (nSPS) is 26.2. The minimum atomic E-state index is -0.351. The average molecular weight is 331 g/mol. The van der Waals surface area contributed by atoms with Crippen molar-refractivity contribution < 1.29 is 19.1 Å². The molecule has 0 bridgehead atoms. The highest BCUT2D eigenvalue weighted by Crippen LogP contribution is 2.27. The Morgan fingerprint density at radius 3 is 2.67 bits per heavy atom. The molecule has 130 valence electrons. The summed E-state index contributed by atoms with van der Waals surface area (Å²) in [5.41, 5.74) is 1.01. The van der Waals surface area contributed by atoms with E-state index >= 15 is 0 Å². The zero-order chi connectivity index (χ0) is 17.1. The molecule has 3 rings (SSSR count). The van der Waals surface area contributed by atoms with Gasteiger partial charge in [-0.05, 0) is 36.3 Å². The van der Waals surface area contributed by atoms with Crippen LogP contribution in [0.15, 0.2) is 24.3 Å². The number of hydrogen-bond acceptors (Lipinski definition) is 4. The lowest BCUT2D eigenvalue weighted by Gasteiger charge is -2.35. The predicted molar refractivity (Wildman–Crippen MR) is 89.6 cm³/mol. The van der Waals surface area contributed by atoms with Gasteiger partial charge in [0.1, 0.15) is 12.4 Å². The van der Waals surface area contributed by atoms with E-state index in [1.54, 1.807) is 0 Å². The van der Waals surface area contributed by atoms with Crippen molar-refractivity contribution in [2.24, 2.45) is 17.8 Å². The Labute approximate surface area is 142 Å². The molecule has 0 spiro atoms. The number of fused-ring (bicyclic) bond motifs is 1. The molecule has 3 unspecified atom stereocenters. The number of carbonyl (C=O) groups is 2. The third-order valence-electron chi connectivity index (χ3n) is 4.77. The van der Waals surface area contributed by atoms with Crippen LogP contribution >= 0.6 is 0 Å². The molecule has 5 heteroatoms. The summed E-state index contributed by atoms with van der Waals surface area (Å²) in [5, 5.41) is 0. The molecule has 2 aliphatic rings. The van der Waals surface area contributed by atoms with Gasteiger partial charge in [0.15, 0.2) is 6.61 Å². The van der Waals surface area contributed by atoms with Crippen LogP contribution in [0.1, 0.15) is 25.8 Å². The van der Waals surface area contributed by atoms with Crippen molar-refractivity contribution in [2.45, 2.75) is 26.7 Å². The first kappa shape index (κ1) is 16.8. The van der Waals surface area contributed by atoms with Crippen molar-refractivity contribution in [2.75, 3.05) is 26.3 Å². The molecule has 1 aromatic carbocycles. The van der Waals surface area contributed by atoms with Crippen molar-refractivity contribution in [3.8, 4) is 5.75 Å². The maximum absolute atomic E-state index is 12.3. The van der Waals surface area contributed by atoms with E-state index in [1.807, 2.05) is 29.2 Å². The number of amides is 1. The molecule has 2 heterocycles. The highest BCUT2D eigenvalue weighted by molar-refractivity contribution is 5.81. The van der Waals surface area contributed by atoms with E-state index in [9.17, 15) is 9.59 Å². The van der Waals surface area contributed by atoms with Crippen LogP contribution in [0.25, 0.3) is 0 Å². The van der Waals surface area contributed by atoms with Crippen molar-refractivity contribution >= 4 is 11.9 Å². The Bertz CT molecular complexity index is 605. The number of rotatable bonds is 3. The van der Waals surface area contributed by atoms with Gasteiger partial charge in [0.05, 0.1) is 5.92 Å². The number of benzene rings is 1. The van der Waals surface area contributed by atoms with Crippen molar-refractivity contribution in [1.82, 2.24) is 4.90 Å². The van der Waals surface area contributed by atoms with E-state index < -0.39 is 0 Å². The van der Waals surface area contributed by atoms with Gasteiger partial charge in [0, 0.05) is 13.1 Å². The Kier molecular flexibility index (Phi) is 5.07. The lowest BCUT2D eigenvalue weighted by molar-refractivity contribution is -0.157. The fourth-order valence-corrected chi connectivity index (χ4v) is 3.69. The highest BCUT2D eigenvalue weighted by atomic mass is 16.5. The summed E-state index contributed by atoms with van der Waals surface area (Å²) in [6, 6.07) is 7.70. The summed E-state index contributed by atoms with van der Waals surface area (Å²) in [7, 11) is 0. The monoisotopic (exact) mass is 331 g/mol. The zero-order valence-electron chi connectivity index (χ0n) is 14.4. The van der Waals surface area contributed by atoms with Gasteiger partial charge in [-0.25, -0.2) is 0 Å². The summed E-state index contributed by atoms with van der Waals surface area (Å²) in [6.07, 6.45) is 1.74. The Morgan fingerprint density at radius 1 is 1.21 bits per heavy atom. The van der Waals surface area contributed by atoms with E-state index in [1.165, 1.54) is 0 Å². The molecule has 5 nitrogen and oxygen atoms in total. The number of likely N-dealkylation sites (tertiary alicyclic amines) is 1. The van der Waals surface area contributed by atoms with Crippen LogP contribution in [0, 0.1) is 17.8 Å². The molecular formula is C19H25NO4. The van der Waals surface area contributed by atoms with Crippen LogP contribution < -0.4 is 4.74 Å². The predicted octanol–water partition coefficient (Wildman–Crippen LogP) is 2.29. The molecule has 0 radical (unpaired) electrons. The molecule has 0 saturated carbocycles. The first-order valence-electron chi connectivity index (χ1n) is 8.68. The van der Waals surface area contributed by atoms with E-state index in [0.717, 1.165) is 30.8 Å². The third kappa shape index (κ3) is 3.89. The molecule has 2 aliphatic heterocycles. The maximum Gasteiger partial charge on any atom is 0.313 e. The second-order valence-corrected chi connectivity index (χ2v) is 7.17. The summed E-state index contributed by atoms with van der Waals surface area (Å²) in [4.78, 5) is 26.4. The third-order valence-corrected chi connectivity index (χ3v) is 4.77. The van der Waals surface area contributed by atoms with Crippen LogP contribution in [-0.4, -0.2) is 43.1 Å². The number of esters is 1. The molecular weight excluding hydrogens is 306 g/mol. The second kappa shape index (κ2) is 7.24. The van der Waals surface area contributed by atoms with Gasteiger partial charge in [0.25, 0.3) is 5.91 Å². The molecule has 1 saturated heterocycles. The van der Waals surface area contributed by atoms with Crippen LogP contribution in [0.5, 0.6) is 5.75 Å². The van der Waals surface area contributed by atoms with E-state index in [2.05, 4.69) is 13.8 Å². The van der Waals surface area contributed by atoms with E-state index in [-0.39, 0.29) is 24.4 Å². The smallest absolute Gasteiger partial charge is 0.313 e. The first-order chi connectivity index (χ1) is 11.5. The Morgan fingerprint density at radius 2 is 1.92 bits per heavy atom. The van der Waals surface area contributed by atoms with Crippen LogP contribution in [0.2, 0.25) is 0 Å². The molecule has 1 aromatic rings. The lowest BCUT2D eigenvalue weighted by Crippen LogP contribution is -2.44. The Hall–Kier alpha value is -2.04. The van der Waals surface area contributed by atoms with Crippen molar-refractivity contribution in [1.29, 1.82) is 0 Å². The largest absolute Gasteiger partial charge is 0.492 e. The number of nitrogens with zero attached hydrogens (tertiary/aromatic N) is 1. The quantitative estimate of drug-likeness (QED) is 0.798. The molecule has 1 fully saturated rings. The summed E-state index contributed by atoms with van der Waals surface area (Å²) in [6.45, 7) is 5.94. The number of hydrogen-bond donors (Lipinski definition) is 0. The number of para-hydroxylation sites is 1. The molecule has 0 aromatic heterocycles. The summed E-state index contributed by atoms with van der Waals surface area (Å²) < 4.78 is 10.9. The van der Waals surface area contributed by atoms with Crippen LogP contribution in [0.4, 0.5) is 0 Å². The number of piperidine rings is 1. The van der Waals surface area contributed by atoms with E-state index in [4.69, 9.17) is 9.47 Å². The number of ether oxygens (including phenoxy) is 2. The lowest BCUT2D eigenvalue weighted by atomic mass is 9.92. The van der Waals surface area contributed by atoms with Crippen molar-refractivity contribution in [3.05, 3.63) is 29.8 Å². The molecule has 3 atom stereocenters. The standard InChI is InChI=1S/C19H25NO4/c1-13-7-14(2)10-20(9-13)18(21)12-24-19(22)16-8-15-5-3-4-6-17(15)23-11-16/h3-6,13-14,16H,7-12H2,1-2H3. The minimum absolute atomic E-state index is 0.0983. The topological polar surface area (TPSA) is 55.8 Å². The molecule has 0 N–H and O–H groups in total. The highest BCUT2D eigenvalue weighted by Gasteiger charge is 2.29. The van der Waals surface area contributed by atoms with Crippen LogP contribution in [-0.2, 0) is 20.7 Å². The van der Waals surface area contributed by atoms with Gasteiger partial charge in [-0.15, -0.1) is 0 Å². The maximum atomic E-state index is 12.3. The molecule has 24 heavy (non-hydrogen) atoms. The van der Waals surface area contributed by atoms with Gasteiger partial charge < -0.3 is 14.4 Å². The zero-order valence-corrected chi connectivity index (χ0v) is 14.4. The fraction of sp³-hybridized carbons (Fsp3) is 0.579. The summed E-state index contributed by atoms with van der Waals surface area (Å²) in [5.74, 6) is 1.03. The van der Waals surface area contributed by atoms with Crippen molar-refractivity contribution in [3.63, 3.8) is 0 Å². The fourth-order valence-electron chi connectivity index (χ4n) is 3.69. The van der Waals surface area contributed by atoms with Gasteiger partial charge in [-0.3, -0.25) is 9.59 Å². The van der Waals surface area contributed by atoms with Gasteiger partial charge in [-0.1, -0.05) is 32.0 Å². The second-order valence-electron chi connectivity index (χ2n) is 7.17. The van der Waals surface area contributed by atoms with Gasteiger partial charge in [0.2, 0.25) is 0 Å². The SMILES string of the molecule is CC1CC(C)CN(C(=O)COC(=O)C2COc3ccccc3C2)C1. The van der Waals surface area contributed by atoms with Gasteiger partial charge in [-0.2, -0.15) is 0 Å². The molecule has 1 amide bonds. The molecule has 0 aliphatic carbocycles. The van der Waals surface area contributed by atoms with E-state index in [0.29, 0.717) is 24.9 Å². The minimum Gasteiger partial charge on any atom is -0.492 e. The van der Waals surface area contributed by atoms with Gasteiger partial charge >= 0.3 is 5.97 Å². The Balaban J connectivity index is 1.50. The average Bonchev–Trinajstić information content (AvgIpc) is 2.58. The van der Waals surface area contributed by atoms with Crippen LogP contribution in [0.3, 0.4) is 0 Å². The first-order valence-corrected chi connectivity index (χ1v) is 8.68. The summed E-state index contributed by atoms with van der Waals surface area (Å²) >= 11 is 0.